The first-order valence-corrected chi connectivity index (χ1v) is 9.63. The third-order valence-electron chi connectivity index (χ3n) is 4.11. The minimum atomic E-state index is -2.63. The Balaban J connectivity index is 2.06. The summed E-state index contributed by atoms with van der Waals surface area (Å²) in [7, 11) is -3.53. The van der Waals surface area contributed by atoms with Crippen LogP contribution >= 0.6 is 7.92 Å². The molecule has 0 aromatic heterocycles. The van der Waals surface area contributed by atoms with E-state index in [9.17, 15) is 0 Å². The first kappa shape index (κ1) is 13.2. The molecule has 2 nitrogen and oxygen atoms in total. The summed E-state index contributed by atoms with van der Waals surface area (Å²) in [5.74, 6) is 0. The molecular weight excluding hydrogens is 327 g/mol. The van der Waals surface area contributed by atoms with Crippen LogP contribution in [0, 0.1) is 0 Å². The summed E-state index contributed by atoms with van der Waals surface area (Å²) in [6, 6.07) is 30.3. The number of benzene rings is 3. The Morgan fingerprint density at radius 1 is 0.880 bits per heavy atom. The fourth-order valence-corrected chi connectivity index (χ4v) is 5.84. The van der Waals surface area contributed by atoms with E-state index in [0.29, 0.717) is 0 Å². The molecule has 0 fully saturated rings. The Morgan fingerprint density at radius 3 is 1.88 bits per heavy atom. The van der Waals surface area contributed by atoms with Crippen LogP contribution in [-0.4, -0.2) is 19.9 Å². The summed E-state index contributed by atoms with van der Waals surface area (Å²) in [5, 5.41) is 7.01. The summed E-state index contributed by atoms with van der Waals surface area (Å²) in [5.41, 5.74) is 0.969. The van der Waals surface area contributed by atoms with Gasteiger partial charge < -0.3 is 9.85 Å². The number of rotatable bonds is 8. The number of aliphatic hydroxyl groups is 1. The van der Waals surface area contributed by atoms with Crippen molar-refractivity contribution < 1.29 is 14.0 Å². The molecular formula is C22H23O2P. The average Bonchev–Trinajstić information content (AvgIpc) is 2.74. The van der Waals surface area contributed by atoms with E-state index >= 15 is 0 Å². The van der Waals surface area contributed by atoms with E-state index in [4.69, 9.17) is 10.3 Å². The Hall–Kier alpha value is -1.99. The Bertz CT molecular complexity index is 821. The van der Waals surface area contributed by atoms with Crippen molar-refractivity contribution in [3.05, 3.63) is 96.6 Å². The Morgan fingerprint density at radius 2 is 1.40 bits per heavy atom. The predicted octanol–water partition coefficient (Wildman–Crippen LogP) is 4.22. The molecule has 1 N–H and O–H groups in total. The summed E-state index contributed by atoms with van der Waals surface area (Å²) in [6.45, 7) is 0. The van der Waals surface area contributed by atoms with E-state index < -0.39 is 21.2 Å². The highest BCUT2D eigenvalue weighted by molar-refractivity contribution is 7.73. The van der Waals surface area contributed by atoms with Crippen molar-refractivity contribution in [2.45, 2.75) is 18.4 Å². The largest absolute Gasteiger partial charge is 0.368 e. The maximum atomic E-state index is 7.40. The number of aliphatic hydroxyl groups excluding tert-OH is 1. The summed E-state index contributed by atoms with van der Waals surface area (Å²) >= 11 is 0. The van der Waals surface area contributed by atoms with Gasteiger partial charge in [0.25, 0.3) is 0 Å². The van der Waals surface area contributed by atoms with E-state index in [1.165, 1.54) is 10.6 Å². The van der Waals surface area contributed by atoms with Crippen LogP contribution in [0.15, 0.2) is 91.0 Å². The zero-order chi connectivity index (χ0) is 20.7. The second-order valence-electron chi connectivity index (χ2n) is 5.75. The van der Waals surface area contributed by atoms with Crippen LogP contribution < -0.4 is 10.6 Å². The summed E-state index contributed by atoms with van der Waals surface area (Å²) < 4.78 is 34.6. The smallest absolute Gasteiger partial charge is 0.213 e. The first-order chi connectivity index (χ1) is 14.0. The maximum absolute atomic E-state index is 7.40. The zero-order valence-corrected chi connectivity index (χ0v) is 14.7. The van der Waals surface area contributed by atoms with Crippen molar-refractivity contribution in [1.82, 2.24) is 0 Å². The summed E-state index contributed by atoms with van der Waals surface area (Å²) in [6.07, 6.45) is -0.911. The molecule has 25 heavy (non-hydrogen) atoms. The number of hydrogen-bond donors (Lipinski definition) is 1. The molecule has 128 valence electrons. The molecule has 3 heteroatoms. The molecule has 0 saturated carbocycles. The van der Waals surface area contributed by atoms with Gasteiger partial charge in [0.1, 0.15) is 0 Å². The second kappa shape index (κ2) is 8.92. The molecule has 0 spiro atoms. The molecule has 2 atom stereocenters. The lowest BCUT2D eigenvalue weighted by Crippen LogP contribution is -2.21. The highest BCUT2D eigenvalue weighted by Gasteiger charge is 2.28. The highest BCUT2D eigenvalue weighted by atomic mass is 31.1. The van der Waals surface area contributed by atoms with Crippen molar-refractivity contribution in [2.24, 2.45) is 0 Å². The van der Waals surface area contributed by atoms with Crippen molar-refractivity contribution in [2.75, 3.05) is 7.04 Å². The van der Waals surface area contributed by atoms with Crippen LogP contribution in [0.3, 0.4) is 0 Å². The lowest BCUT2D eigenvalue weighted by Gasteiger charge is -2.30. The maximum Gasteiger partial charge on any atom is 0.213 e. The van der Waals surface area contributed by atoms with Gasteiger partial charge in [-0.3, -0.25) is 0 Å². The molecule has 0 aliphatic carbocycles. The van der Waals surface area contributed by atoms with Gasteiger partial charge in [0.15, 0.2) is 6.29 Å². The van der Waals surface area contributed by atoms with Crippen LogP contribution in [0.25, 0.3) is 0 Å². The van der Waals surface area contributed by atoms with Gasteiger partial charge in [0, 0.05) is 19.1 Å². The van der Waals surface area contributed by atoms with Gasteiger partial charge in [-0.15, -0.1) is 0 Å². The first-order valence-electron chi connectivity index (χ1n) is 10.1. The fourth-order valence-electron chi connectivity index (χ4n) is 2.98. The minimum absolute atomic E-state index is 0.0892. The van der Waals surface area contributed by atoms with E-state index in [-0.39, 0.29) is 12.1 Å². The number of hydrogen-bond acceptors (Lipinski definition) is 2. The predicted molar refractivity (Wildman–Crippen MR) is 106 cm³/mol. The van der Waals surface area contributed by atoms with Crippen LogP contribution in [-0.2, 0) is 4.74 Å². The van der Waals surface area contributed by atoms with E-state index in [2.05, 4.69) is 29.4 Å². The second-order valence-corrected chi connectivity index (χ2v) is 8.15. The molecule has 0 heterocycles. The monoisotopic (exact) mass is 354 g/mol. The van der Waals surface area contributed by atoms with Crippen molar-refractivity contribution in [3.63, 3.8) is 0 Å². The molecule has 0 unspecified atom stereocenters. The normalized spacial score (nSPS) is 16.4. The molecule has 0 amide bonds. The van der Waals surface area contributed by atoms with Gasteiger partial charge in [-0.25, -0.2) is 0 Å². The third kappa shape index (κ3) is 4.55. The molecule has 3 rings (SSSR count). The van der Waals surface area contributed by atoms with Gasteiger partial charge in [-0.2, -0.15) is 0 Å². The lowest BCUT2D eigenvalue weighted by molar-refractivity contribution is -0.0783. The van der Waals surface area contributed by atoms with Gasteiger partial charge in [-0.05, 0) is 24.1 Å². The van der Waals surface area contributed by atoms with E-state index in [1.807, 2.05) is 66.7 Å². The topological polar surface area (TPSA) is 29.5 Å². The van der Waals surface area contributed by atoms with Crippen molar-refractivity contribution >= 4 is 18.5 Å². The highest BCUT2D eigenvalue weighted by Crippen LogP contribution is 2.51. The summed E-state index contributed by atoms with van der Waals surface area (Å²) in [4.78, 5) is 0. The average molecular weight is 354 g/mol. The van der Waals surface area contributed by atoms with Gasteiger partial charge >= 0.3 is 0 Å². The van der Waals surface area contributed by atoms with Crippen molar-refractivity contribution in [3.8, 4) is 0 Å². The van der Waals surface area contributed by atoms with Gasteiger partial charge in [0.2, 0.25) is 1.43 Å². The Kier molecular flexibility index (Phi) is 4.72. The quantitative estimate of drug-likeness (QED) is 0.485. The van der Waals surface area contributed by atoms with Crippen LogP contribution in [0.5, 0.6) is 0 Å². The fraction of sp³-hybridized carbons (Fsp3) is 0.182. The van der Waals surface area contributed by atoms with Gasteiger partial charge in [0.05, 0.1) is 4.11 Å². The van der Waals surface area contributed by atoms with E-state index in [0.717, 1.165) is 5.56 Å². The minimum Gasteiger partial charge on any atom is -0.368 e. The standard InChI is InChI=1S/C22H23O2P/c1-24-22(23)17-21(18-11-5-2-6-12-18)25(19-13-7-3-8-14-19)20-15-9-4-10-16-20/h2-16,21-23H,17H2,1H3/t21-,22+/m0/s1/i1D3,23D. The van der Waals surface area contributed by atoms with E-state index in [1.54, 1.807) is 0 Å². The number of methoxy groups -OCH3 is 1. The van der Waals surface area contributed by atoms with Crippen molar-refractivity contribution in [1.29, 1.82) is 1.43 Å². The third-order valence-corrected chi connectivity index (χ3v) is 6.95. The van der Waals surface area contributed by atoms with Crippen LogP contribution in [0.1, 0.15) is 21.8 Å². The molecule has 0 aliphatic rings. The molecule has 0 saturated heterocycles. The van der Waals surface area contributed by atoms with Crippen LogP contribution in [0.2, 0.25) is 0 Å². The van der Waals surface area contributed by atoms with Crippen LogP contribution in [0.4, 0.5) is 0 Å². The lowest BCUT2D eigenvalue weighted by atomic mass is 10.1. The number of ether oxygens (including phenoxy) is 1. The molecule has 3 aromatic carbocycles. The Labute approximate surface area is 156 Å². The zero-order valence-electron chi connectivity index (χ0n) is 17.8. The molecule has 0 bridgehead atoms. The molecule has 0 aliphatic heterocycles. The SMILES string of the molecule is [2H]O[C@@H](C[C@@H](c1ccccc1)P(c1ccccc1)c1ccccc1)OC([2H])([2H])[2H]. The molecule has 0 radical (unpaired) electrons. The molecule has 3 aromatic rings. The van der Waals surface area contributed by atoms with Gasteiger partial charge in [-0.1, -0.05) is 91.0 Å².